The monoisotopic (exact) mass is 271 g/mol. The quantitative estimate of drug-likeness (QED) is 0.671. The van der Waals surface area contributed by atoms with E-state index in [9.17, 15) is 9.18 Å². The van der Waals surface area contributed by atoms with Gasteiger partial charge in [-0.1, -0.05) is 12.1 Å². The van der Waals surface area contributed by atoms with Gasteiger partial charge in [-0.25, -0.2) is 9.18 Å². The van der Waals surface area contributed by atoms with Gasteiger partial charge in [-0.3, -0.25) is 4.40 Å². The maximum atomic E-state index is 13.8. The summed E-state index contributed by atoms with van der Waals surface area (Å²) < 4.78 is 20.0. The van der Waals surface area contributed by atoms with Crippen LogP contribution in [-0.2, 0) is 4.74 Å². The standard InChI is InChI=1S/C14H10FN3O2/c1-20-14(19)9-6-7-18-12(8-9)16-17-13(18)10-4-2-3-5-11(10)15/h2-8H,1H3. The summed E-state index contributed by atoms with van der Waals surface area (Å²) in [5.74, 6) is -0.448. The molecule has 1 aromatic carbocycles. The van der Waals surface area contributed by atoms with Gasteiger partial charge in [0, 0.05) is 6.20 Å². The van der Waals surface area contributed by atoms with Gasteiger partial charge in [0.1, 0.15) is 5.82 Å². The summed E-state index contributed by atoms with van der Waals surface area (Å²) in [6.07, 6.45) is 1.61. The second kappa shape index (κ2) is 4.73. The average Bonchev–Trinajstić information content (AvgIpc) is 2.90. The van der Waals surface area contributed by atoms with Crippen LogP contribution in [0.1, 0.15) is 10.4 Å². The molecule has 0 N–H and O–H groups in total. The van der Waals surface area contributed by atoms with Crippen molar-refractivity contribution in [1.82, 2.24) is 14.6 Å². The van der Waals surface area contributed by atoms with E-state index in [1.54, 1.807) is 40.9 Å². The van der Waals surface area contributed by atoms with Crippen molar-refractivity contribution in [2.45, 2.75) is 0 Å². The number of ether oxygens (including phenoxy) is 1. The van der Waals surface area contributed by atoms with Crippen LogP contribution in [0.25, 0.3) is 17.0 Å². The Morgan fingerprint density at radius 1 is 1.25 bits per heavy atom. The van der Waals surface area contributed by atoms with E-state index in [0.717, 1.165) is 0 Å². The first-order valence-corrected chi connectivity index (χ1v) is 5.88. The summed E-state index contributed by atoms with van der Waals surface area (Å²) in [4.78, 5) is 11.4. The normalized spacial score (nSPS) is 10.7. The number of halogens is 1. The fourth-order valence-corrected chi connectivity index (χ4v) is 1.96. The molecule has 0 unspecified atom stereocenters. The van der Waals surface area contributed by atoms with E-state index in [0.29, 0.717) is 22.6 Å². The number of carbonyl (C=O) groups is 1. The van der Waals surface area contributed by atoms with E-state index in [1.165, 1.54) is 13.2 Å². The van der Waals surface area contributed by atoms with Crippen LogP contribution in [0.15, 0.2) is 42.6 Å². The smallest absolute Gasteiger partial charge is 0.338 e. The summed E-state index contributed by atoms with van der Waals surface area (Å²) in [7, 11) is 1.31. The molecule has 3 aromatic rings. The molecule has 0 fully saturated rings. The van der Waals surface area contributed by atoms with Crippen LogP contribution in [0.4, 0.5) is 4.39 Å². The van der Waals surface area contributed by atoms with E-state index in [1.807, 2.05) is 0 Å². The van der Waals surface area contributed by atoms with Gasteiger partial charge in [0.05, 0.1) is 18.2 Å². The number of methoxy groups -OCH3 is 1. The van der Waals surface area contributed by atoms with Crippen molar-refractivity contribution >= 4 is 11.6 Å². The number of rotatable bonds is 2. The number of nitrogens with zero attached hydrogens (tertiary/aromatic N) is 3. The molecule has 20 heavy (non-hydrogen) atoms. The summed E-state index contributed by atoms with van der Waals surface area (Å²) in [6.45, 7) is 0. The Bertz CT molecular complexity index is 798. The van der Waals surface area contributed by atoms with Crippen molar-refractivity contribution in [3.63, 3.8) is 0 Å². The van der Waals surface area contributed by atoms with Gasteiger partial charge >= 0.3 is 5.97 Å². The maximum Gasteiger partial charge on any atom is 0.338 e. The van der Waals surface area contributed by atoms with Crippen LogP contribution < -0.4 is 0 Å². The van der Waals surface area contributed by atoms with Crippen molar-refractivity contribution in [2.24, 2.45) is 0 Å². The van der Waals surface area contributed by atoms with Crippen LogP contribution in [0, 0.1) is 5.82 Å². The highest BCUT2D eigenvalue weighted by Crippen LogP contribution is 2.21. The molecule has 2 aromatic heterocycles. The van der Waals surface area contributed by atoms with E-state index < -0.39 is 5.97 Å². The highest BCUT2D eigenvalue weighted by Gasteiger charge is 2.14. The lowest BCUT2D eigenvalue weighted by Crippen LogP contribution is -2.02. The van der Waals surface area contributed by atoms with Gasteiger partial charge < -0.3 is 4.74 Å². The van der Waals surface area contributed by atoms with E-state index in [-0.39, 0.29) is 5.82 Å². The number of esters is 1. The van der Waals surface area contributed by atoms with Gasteiger partial charge in [-0.2, -0.15) is 0 Å². The van der Waals surface area contributed by atoms with Crippen LogP contribution in [0.2, 0.25) is 0 Å². The second-order valence-corrected chi connectivity index (χ2v) is 4.14. The number of fused-ring (bicyclic) bond motifs is 1. The van der Waals surface area contributed by atoms with Crippen LogP contribution in [0.5, 0.6) is 0 Å². The predicted octanol–water partition coefficient (Wildman–Crippen LogP) is 2.32. The summed E-state index contributed by atoms with van der Waals surface area (Å²) in [5, 5.41) is 7.93. The van der Waals surface area contributed by atoms with Gasteiger partial charge in [0.2, 0.25) is 0 Å². The van der Waals surface area contributed by atoms with Crippen LogP contribution in [0.3, 0.4) is 0 Å². The lowest BCUT2D eigenvalue weighted by molar-refractivity contribution is 0.0600. The lowest BCUT2D eigenvalue weighted by atomic mass is 10.2. The first-order valence-electron chi connectivity index (χ1n) is 5.88. The molecule has 100 valence electrons. The first-order chi connectivity index (χ1) is 9.70. The molecule has 0 bridgehead atoms. The Labute approximate surface area is 113 Å². The first kappa shape index (κ1) is 12.3. The molecular weight excluding hydrogens is 261 g/mol. The van der Waals surface area contributed by atoms with E-state index in [2.05, 4.69) is 14.9 Å². The van der Waals surface area contributed by atoms with Gasteiger partial charge in [-0.05, 0) is 24.3 Å². The summed E-state index contributed by atoms with van der Waals surface area (Å²) in [6, 6.07) is 9.44. The van der Waals surface area contributed by atoms with Crippen LogP contribution >= 0.6 is 0 Å². The highest BCUT2D eigenvalue weighted by atomic mass is 19.1. The molecule has 3 rings (SSSR count). The molecule has 0 amide bonds. The Morgan fingerprint density at radius 3 is 2.80 bits per heavy atom. The van der Waals surface area contributed by atoms with Gasteiger partial charge in [0.25, 0.3) is 0 Å². The zero-order chi connectivity index (χ0) is 14.1. The fraction of sp³-hybridized carbons (Fsp3) is 0.0714. The minimum absolute atomic E-state index is 0.353. The Hall–Kier alpha value is -2.76. The largest absolute Gasteiger partial charge is 0.465 e. The van der Waals surface area contributed by atoms with E-state index >= 15 is 0 Å². The number of hydrogen-bond acceptors (Lipinski definition) is 4. The third-order valence-corrected chi connectivity index (χ3v) is 2.95. The second-order valence-electron chi connectivity index (χ2n) is 4.14. The molecule has 0 aliphatic heterocycles. The molecule has 5 nitrogen and oxygen atoms in total. The lowest BCUT2D eigenvalue weighted by Gasteiger charge is -2.02. The van der Waals surface area contributed by atoms with Crippen molar-refractivity contribution < 1.29 is 13.9 Å². The van der Waals surface area contributed by atoms with Gasteiger partial charge in [0.15, 0.2) is 11.5 Å². The van der Waals surface area contributed by atoms with Gasteiger partial charge in [-0.15, -0.1) is 10.2 Å². The van der Waals surface area contributed by atoms with E-state index in [4.69, 9.17) is 0 Å². The zero-order valence-electron chi connectivity index (χ0n) is 10.6. The minimum atomic E-state index is -0.456. The molecule has 6 heteroatoms. The summed E-state index contributed by atoms with van der Waals surface area (Å²) in [5.41, 5.74) is 1.17. The molecule has 0 aliphatic carbocycles. The molecule has 0 aliphatic rings. The van der Waals surface area contributed by atoms with Crippen molar-refractivity contribution in [3.05, 3.63) is 54.0 Å². The molecular formula is C14H10FN3O2. The van der Waals surface area contributed by atoms with Crippen molar-refractivity contribution in [3.8, 4) is 11.4 Å². The topological polar surface area (TPSA) is 56.5 Å². The predicted molar refractivity (Wildman–Crippen MR) is 69.7 cm³/mol. The molecule has 0 spiro atoms. The Morgan fingerprint density at radius 2 is 2.05 bits per heavy atom. The van der Waals surface area contributed by atoms with Crippen molar-refractivity contribution in [2.75, 3.05) is 7.11 Å². The molecule has 0 saturated carbocycles. The fourth-order valence-electron chi connectivity index (χ4n) is 1.96. The minimum Gasteiger partial charge on any atom is -0.465 e. The highest BCUT2D eigenvalue weighted by molar-refractivity contribution is 5.90. The Kier molecular flexibility index (Phi) is 2.90. The Balaban J connectivity index is 2.16. The maximum absolute atomic E-state index is 13.8. The third kappa shape index (κ3) is 1.91. The third-order valence-electron chi connectivity index (χ3n) is 2.95. The SMILES string of the molecule is COC(=O)c1ccn2c(-c3ccccc3F)nnc2c1. The number of carbonyl (C=O) groups excluding carboxylic acids is 1. The molecule has 0 radical (unpaired) electrons. The molecule has 2 heterocycles. The molecule has 0 saturated heterocycles. The van der Waals surface area contributed by atoms with Crippen molar-refractivity contribution in [1.29, 1.82) is 0 Å². The number of aromatic nitrogens is 3. The van der Waals surface area contributed by atoms with Crippen LogP contribution in [-0.4, -0.2) is 27.7 Å². The zero-order valence-corrected chi connectivity index (χ0v) is 10.6. The number of benzene rings is 1. The average molecular weight is 271 g/mol. The summed E-state index contributed by atoms with van der Waals surface area (Å²) >= 11 is 0. The number of pyridine rings is 1. The molecule has 0 atom stereocenters. The number of hydrogen-bond donors (Lipinski definition) is 0.